The van der Waals surface area contributed by atoms with Gasteiger partial charge in [-0.25, -0.2) is 4.39 Å². The monoisotopic (exact) mass is 399 g/mol. The Bertz CT molecular complexity index is 1040. The minimum absolute atomic E-state index is 0.309. The van der Waals surface area contributed by atoms with Gasteiger partial charge in [0, 0.05) is 12.1 Å². The molecule has 0 saturated heterocycles. The third kappa shape index (κ3) is 3.99. The van der Waals surface area contributed by atoms with Crippen molar-refractivity contribution >= 4 is 11.8 Å². The van der Waals surface area contributed by atoms with Crippen molar-refractivity contribution in [2.45, 2.75) is 31.3 Å². The summed E-state index contributed by atoms with van der Waals surface area (Å²) < 4.78 is 25.9. The molecule has 0 atom stereocenters. The maximum Gasteiger partial charge on any atom is 0.257 e. The molecule has 3 aromatic heterocycles. The Morgan fingerprint density at radius 3 is 2.68 bits per heavy atom. The van der Waals surface area contributed by atoms with E-state index < -0.39 is 0 Å². The molecule has 1 aromatic carbocycles. The van der Waals surface area contributed by atoms with Crippen molar-refractivity contribution in [3.8, 4) is 23.0 Å². The molecule has 7 nitrogen and oxygen atoms in total. The van der Waals surface area contributed by atoms with Gasteiger partial charge in [0.1, 0.15) is 5.82 Å². The number of rotatable bonds is 7. The van der Waals surface area contributed by atoms with E-state index in [-0.39, 0.29) is 5.82 Å². The molecule has 0 amide bonds. The van der Waals surface area contributed by atoms with Crippen molar-refractivity contribution in [2.75, 3.05) is 0 Å². The number of furan rings is 1. The number of hydrogen-bond donors (Lipinski definition) is 0. The molecule has 0 aliphatic heterocycles. The normalized spacial score (nSPS) is 11.4. The second kappa shape index (κ2) is 7.97. The van der Waals surface area contributed by atoms with Crippen molar-refractivity contribution in [2.24, 2.45) is 5.92 Å². The highest BCUT2D eigenvalue weighted by molar-refractivity contribution is 7.98. The molecule has 0 saturated carbocycles. The molecule has 0 radical (unpaired) electrons. The molecule has 0 N–H and O–H groups in total. The van der Waals surface area contributed by atoms with Gasteiger partial charge in [0.05, 0.1) is 12.0 Å². The van der Waals surface area contributed by atoms with Crippen molar-refractivity contribution in [3.05, 3.63) is 54.3 Å². The molecular formula is C19H18FN5O2S. The zero-order valence-corrected chi connectivity index (χ0v) is 16.2. The lowest BCUT2D eigenvalue weighted by Gasteiger charge is -2.10. The number of nitrogens with zero attached hydrogens (tertiary/aromatic N) is 5. The van der Waals surface area contributed by atoms with Crippen LogP contribution in [-0.2, 0) is 12.3 Å². The summed E-state index contributed by atoms with van der Waals surface area (Å²) in [6, 6.07) is 9.62. The van der Waals surface area contributed by atoms with Gasteiger partial charge >= 0.3 is 0 Å². The van der Waals surface area contributed by atoms with Crippen LogP contribution in [0.25, 0.3) is 23.0 Å². The van der Waals surface area contributed by atoms with Crippen LogP contribution in [-0.4, -0.2) is 24.9 Å². The lowest BCUT2D eigenvalue weighted by Crippen LogP contribution is -2.07. The summed E-state index contributed by atoms with van der Waals surface area (Å²) in [7, 11) is 0. The molecule has 0 aliphatic carbocycles. The fourth-order valence-corrected chi connectivity index (χ4v) is 3.46. The minimum Gasteiger partial charge on any atom is -0.461 e. The van der Waals surface area contributed by atoms with Crippen LogP contribution in [0, 0.1) is 11.7 Å². The average molecular weight is 399 g/mol. The molecular weight excluding hydrogens is 381 g/mol. The number of hydrogen-bond acceptors (Lipinski definition) is 7. The van der Waals surface area contributed by atoms with Gasteiger partial charge in [-0.3, -0.25) is 4.57 Å². The van der Waals surface area contributed by atoms with Crippen LogP contribution < -0.4 is 0 Å². The van der Waals surface area contributed by atoms with Gasteiger partial charge in [0.15, 0.2) is 22.6 Å². The Morgan fingerprint density at radius 1 is 1.14 bits per heavy atom. The van der Waals surface area contributed by atoms with Gasteiger partial charge in [0.25, 0.3) is 5.89 Å². The largest absolute Gasteiger partial charge is 0.461 e. The molecule has 0 fully saturated rings. The fourth-order valence-electron chi connectivity index (χ4n) is 2.66. The zero-order chi connectivity index (χ0) is 19.5. The zero-order valence-electron chi connectivity index (χ0n) is 15.4. The number of aromatic nitrogens is 5. The second-order valence-corrected chi connectivity index (χ2v) is 7.54. The average Bonchev–Trinajstić information content (AvgIpc) is 3.41. The van der Waals surface area contributed by atoms with Crippen molar-refractivity contribution in [1.82, 2.24) is 24.9 Å². The summed E-state index contributed by atoms with van der Waals surface area (Å²) in [4.78, 5) is 4.38. The highest BCUT2D eigenvalue weighted by Crippen LogP contribution is 2.27. The summed E-state index contributed by atoms with van der Waals surface area (Å²) in [5, 5.41) is 13.3. The first kappa shape index (κ1) is 18.4. The summed E-state index contributed by atoms with van der Waals surface area (Å²) >= 11 is 1.47. The van der Waals surface area contributed by atoms with E-state index in [0.29, 0.717) is 40.5 Å². The maximum absolute atomic E-state index is 13.1. The van der Waals surface area contributed by atoms with Crippen molar-refractivity contribution in [3.63, 3.8) is 0 Å². The van der Waals surface area contributed by atoms with Crippen LogP contribution in [0.3, 0.4) is 0 Å². The molecule has 4 aromatic rings. The number of thioether (sulfide) groups is 1. The fraction of sp³-hybridized carbons (Fsp3) is 0.263. The lowest BCUT2D eigenvalue weighted by atomic mass is 10.2. The quantitative estimate of drug-likeness (QED) is 0.417. The third-order valence-electron chi connectivity index (χ3n) is 3.90. The Hall–Kier alpha value is -2.94. The van der Waals surface area contributed by atoms with Gasteiger partial charge in [-0.15, -0.1) is 10.2 Å². The third-order valence-corrected chi connectivity index (χ3v) is 4.86. The van der Waals surface area contributed by atoms with Crippen molar-refractivity contribution in [1.29, 1.82) is 0 Å². The molecule has 4 rings (SSSR count). The molecule has 0 unspecified atom stereocenters. The second-order valence-electron chi connectivity index (χ2n) is 6.60. The molecule has 0 aliphatic rings. The van der Waals surface area contributed by atoms with Crippen LogP contribution >= 0.6 is 11.8 Å². The predicted molar refractivity (Wildman–Crippen MR) is 102 cm³/mol. The first-order valence-electron chi connectivity index (χ1n) is 8.78. The van der Waals surface area contributed by atoms with Crippen LogP contribution in [0.2, 0.25) is 0 Å². The highest BCUT2D eigenvalue weighted by atomic mass is 32.2. The van der Waals surface area contributed by atoms with Gasteiger partial charge in [0.2, 0.25) is 0 Å². The van der Waals surface area contributed by atoms with Crippen LogP contribution in [0.1, 0.15) is 19.7 Å². The van der Waals surface area contributed by atoms with E-state index >= 15 is 0 Å². The Balaban J connectivity index is 1.51. The van der Waals surface area contributed by atoms with E-state index in [4.69, 9.17) is 8.94 Å². The Labute approximate surface area is 165 Å². The summed E-state index contributed by atoms with van der Waals surface area (Å²) in [6.45, 7) is 5.03. The number of halogens is 1. The standard InChI is InChI=1S/C19H18FN5O2S/c1-12(2)10-25-17(15-4-3-9-26-15)22-23-19(25)28-11-16-21-18(27-24-16)13-5-7-14(20)8-6-13/h3-9,12H,10-11H2,1-2H3. The molecule has 0 spiro atoms. The van der Waals surface area contributed by atoms with E-state index in [0.717, 1.165) is 11.7 Å². The van der Waals surface area contributed by atoms with Gasteiger partial charge in [-0.05, 0) is 42.3 Å². The molecule has 9 heteroatoms. The van der Waals surface area contributed by atoms with E-state index in [2.05, 4.69) is 34.2 Å². The van der Waals surface area contributed by atoms with E-state index in [1.807, 2.05) is 16.7 Å². The molecule has 3 heterocycles. The summed E-state index contributed by atoms with van der Waals surface area (Å²) in [6.07, 6.45) is 1.62. The molecule has 0 bridgehead atoms. The van der Waals surface area contributed by atoms with Gasteiger partial charge < -0.3 is 8.94 Å². The predicted octanol–water partition coefficient (Wildman–Crippen LogP) is 4.68. The van der Waals surface area contributed by atoms with E-state index in [1.165, 1.54) is 23.9 Å². The van der Waals surface area contributed by atoms with Gasteiger partial charge in [-0.2, -0.15) is 4.98 Å². The SMILES string of the molecule is CC(C)Cn1c(SCc2noc(-c3ccc(F)cc3)n2)nnc1-c1ccco1. The van der Waals surface area contributed by atoms with Crippen LogP contribution in [0.15, 0.2) is 56.8 Å². The molecule has 144 valence electrons. The Morgan fingerprint density at radius 2 is 1.96 bits per heavy atom. The van der Waals surface area contributed by atoms with E-state index in [9.17, 15) is 4.39 Å². The first-order chi connectivity index (χ1) is 13.6. The summed E-state index contributed by atoms with van der Waals surface area (Å²) in [5.41, 5.74) is 0.674. The first-order valence-corrected chi connectivity index (χ1v) is 9.77. The highest BCUT2D eigenvalue weighted by Gasteiger charge is 2.18. The smallest absolute Gasteiger partial charge is 0.257 e. The topological polar surface area (TPSA) is 82.8 Å². The van der Waals surface area contributed by atoms with Crippen molar-refractivity contribution < 1.29 is 13.3 Å². The number of benzene rings is 1. The minimum atomic E-state index is -0.309. The van der Waals surface area contributed by atoms with Gasteiger partial charge in [-0.1, -0.05) is 30.8 Å². The molecule has 28 heavy (non-hydrogen) atoms. The summed E-state index contributed by atoms with van der Waals surface area (Å²) in [5.74, 6) is 2.84. The van der Waals surface area contributed by atoms with Crippen LogP contribution in [0.5, 0.6) is 0 Å². The maximum atomic E-state index is 13.1. The lowest BCUT2D eigenvalue weighted by molar-refractivity contribution is 0.425. The Kier molecular flexibility index (Phi) is 5.25. The van der Waals surface area contributed by atoms with E-state index in [1.54, 1.807) is 18.4 Å². The van der Waals surface area contributed by atoms with Crippen LogP contribution in [0.4, 0.5) is 4.39 Å².